The summed E-state index contributed by atoms with van der Waals surface area (Å²) in [7, 11) is -9.21. The maximum Gasteiger partial charge on any atom is 1.00 e. The van der Waals surface area contributed by atoms with Crippen LogP contribution in [0, 0.1) is 0 Å². The SMILES string of the molecule is CCC(=C(CC)c1ccc(OP(=O)(O)O)cc1)c1ccc(OP(=O)(O)O)cc1.[Na+].[Na+]. The van der Waals surface area contributed by atoms with Crippen molar-refractivity contribution in [2.45, 2.75) is 26.7 Å². The first-order valence-electron chi connectivity index (χ1n) is 8.45. The minimum Gasteiger partial charge on any atom is -0.404 e. The van der Waals surface area contributed by atoms with E-state index in [4.69, 9.17) is 19.6 Å². The number of benzene rings is 2. The molecule has 0 amide bonds. The molecular weight excluding hydrogens is 452 g/mol. The summed E-state index contributed by atoms with van der Waals surface area (Å²) in [5.74, 6) is 0.147. The topological polar surface area (TPSA) is 134 Å². The van der Waals surface area contributed by atoms with E-state index in [0.29, 0.717) is 12.8 Å². The molecule has 0 heterocycles. The van der Waals surface area contributed by atoms with Crippen LogP contribution in [0.25, 0.3) is 11.1 Å². The molecule has 0 saturated carbocycles. The summed E-state index contributed by atoms with van der Waals surface area (Å²) in [6.07, 6.45) is 1.42. The molecule has 2 rings (SSSR count). The van der Waals surface area contributed by atoms with Crippen LogP contribution in [0.3, 0.4) is 0 Å². The molecule has 0 atom stereocenters. The zero-order chi connectivity index (χ0) is 20.9. The van der Waals surface area contributed by atoms with Crippen LogP contribution >= 0.6 is 15.6 Å². The Morgan fingerprint density at radius 1 is 0.667 bits per heavy atom. The third-order valence-corrected chi connectivity index (χ3v) is 4.82. The largest absolute Gasteiger partial charge is 1.00 e. The predicted octanol–water partition coefficient (Wildman–Crippen LogP) is -1.63. The smallest absolute Gasteiger partial charge is 0.404 e. The Balaban J connectivity index is 0.00000420. The molecule has 0 saturated heterocycles. The average Bonchev–Trinajstić information content (AvgIpc) is 2.59. The first-order chi connectivity index (χ1) is 13.0. The fourth-order valence-electron chi connectivity index (χ4n) is 2.89. The van der Waals surface area contributed by atoms with Crippen molar-refractivity contribution >= 4 is 26.8 Å². The Morgan fingerprint density at radius 2 is 0.933 bits per heavy atom. The van der Waals surface area contributed by atoms with Gasteiger partial charge in [-0.25, -0.2) is 9.13 Å². The number of phosphoric acid groups is 2. The van der Waals surface area contributed by atoms with Gasteiger partial charge in [-0.15, -0.1) is 0 Å². The van der Waals surface area contributed by atoms with Crippen LogP contribution < -0.4 is 68.2 Å². The normalized spacial score (nSPS) is 12.2. The van der Waals surface area contributed by atoms with Crippen molar-refractivity contribution in [3.63, 3.8) is 0 Å². The van der Waals surface area contributed by atoms with E-state index in [1.54, 1.807) is 24.3 Å². The van der Waals surface area contributed by atoms with Crippen LogP contribution in [0.5, 0.6) is 11.5 Å². The van der Waals surface area contributed by atoms with E-state index in [0.717, 1.165) is 22.3 Å². The van der Waals surface area contributed by atoms with Gasteiger partial charge in [0.25, 0.3) is 0 Å². The molecule has 0 aliphatic heterocycles. The zero-order valence-corrected chi connectivity index (χ0v) is 23.1. The van der Waals surface area contributed by atoms with E-state index in [2.05, 4.69) is 9.05 Å². The number of hydrogen-bond acceptors (Lipinski definition) is 4. The van der Waals surface area contributed by atoms with Gasteiger partial charge < -0.3 is 9.05 Å². The molecule has 2 aromatic rings. The van der Waals surface area contributed by atoms with E-state index in [9.17, 15) is 9.13 Å². The summed E-state index contributed by atoms with van der Waals surface area (Å²) in [4.78, 5) is 35.5. The van der Waals surface area contributed by atoms with Crippen molar-refractivity contribution in [2.75, 3.05) is 0 Å². The van der Waals surface area contributed by atoms with Crippen molar-refractivity contribution in [1.82, 2.24) is 0 Å². The van der Waals surface area contributed by atoms with Gasteiger partial charge in [-0.3, -0.25) is 19.6 Å². The Bertz CT molecular complexity index is 856. The maximum atomic E-state index is 10.9. The van der Waals surface area contributed by atoms with Gasteiger partial charge in [0.05, 0.1) is 0 Å². The Kier molecular flexibility index (Phi) is 13.0. The summed E-state index contributed by atoms with van der Waals surface area (Å²) in [5, 5.41) is 0. The minimum atomic E-state index is -4.61. The third-order valence-electron chi connectivity index (χ3n) is 3.93. The van der Waals surface area contributed by atoms with E-state index in [1.807, 2.05) is 13.8 Å². The molecule has 2 aromatic carbocycles. The summed E-state index contributed by atoms with van der Waals surface area (Å²) >= 11 is 0. The minimum absolute atomic E-state index is 0. The Morgan fingerprint density at radius 3 is 1.13 bits per heavy atom. The Hall–Kier alpha value is 0.0800. The Labute approximate surface area is 219 Å². The molecule has 0 aromatic heterocycles. The third kappa shape index (κ3) is 9.70. The average molecular weight is 474 g/mol. The quantitative estimate of drug-likeness (QED) is 0.204. The molecule has 0 bridgehead atoms. The molecular formula is C18H22Na2O8P2+2. The number of rotatable bonds is 8. The first kappa shape index (κ1) is 30.1. The van der Waals surface area contributed by atoms with Crippen LogP contribution in [0.15, 0.2) is 48.5 Å². The van der Waals surface area contributed by atoms with Crippen molar-refractivity contribution < 1.29 is 96.9 Å². The van der Waals surface area contributed by atoms with Gasteiger partial charge in [-0.2, -0.15) is 0 Å². The van der Waals surface area contributed by atoms with Gasteiger partial charge in [-0.05, 0) is 59.4 Å². The molecule has 0 aliphatic carbocycles. The van der Waals surface area contributed by atoms with Crippen molar-refractivity contribution in [3.8, 4) is 11.5 Å². The summed E-state index contributed by atoms with van der Waals surface area (Å²) in [6, 6.07) is 12.9. The van der Waals surface area contributed by atoms with Crippen molar-refractivity contribution in [2.24, 2.45) is 0 Å². The molecule has 0 radical (unpaired) electrons. The fraction of sp³-hybridized carbons (Fsp3) is 0.222. The monoisotopic (exact) mass is 474 g/mol. The first-order valence-corrected chi connectivity index (χ1v) is 11.5. The summed E-state index contributed by atoms with van der Waals surface area (Å²) < 4.78 is 31.0. The second-order valence-electron chi connectivity index (χ2n) is 5.88. The van der Waals surface area contributed by atoms with Crippen molar-refractivity contribution in [3.05, 3.63) is 59.7 Å². The zero-order valence-electron chi connectivity index (χ0n) is 17.3. The van der Waals surface area contributed by atoms with Gasteiger partial charge in [-0.1, -0.05) is 38.1 Å². The van der Waals surface area contributed by atoms with Crippen LogP contribution in [-0.4, -0.2) is 19.6 Å². The van der Waals surface area contributed by atoms with Gasteiger partial charge in [0, 0.05) is 0 Å². The van der Waals surface area contributed by atoms with E-state index >= 15 is 0 Å². The van der Waals surface area contributed by atoms with Crippen LogP contribution in [-0.2, 0) is 9.13 Å². The molecule has 8 nitrogen and oxygen atoms in total. The molecule has 4 N–H and O–H groups in total. The number of hydrogen-bond donors (Lipinski definition) is 4. The van der Waals surface area contributed by atoms with Crippen LogP contribution in [0.1, 0.15) is 37.8 Å². The molecule has 0 unspecified atom stereocenters. The second-order valence-corrected chi connectivity index (χ2v) is 8.20. The molecule has 0 aliphatic rings. The summed E-state index contributed by atoms with van der Waals surface area (Å²) in [5.41, 5.74) is 3.84. The van der Waals surface area contributed by atoms with Gasteiger partial charge in [0.1, 0.15) is 11.5 Å². The van der Waals surface area contributed by atoms with E-state index in [-0.39, 0.29) is 70.6 Å². The fourth-order valence-corrected chi connectivity index (χ4v) is 3.68. The maximum absolute atomic E-state index is 10.9. The summed E-state index contributed by atoms with van der Waals surface area (Å²) in [6.45, 7) is 3.99. The number of allylic oxidation sites excluding steroid dienone is 2. The van der Waals surface area contributed by atoms with Gasteiger partial charge in [0.15, 0.2) is 0 Å². The molecule has 0 fully saturated rings. The molecule has 0 spiro atoms. The standard InChI is InChI=1S/C18H22O8P2.2Na/c1-3-17(13-5-9-15(10-6-13)25-27(19,20)21)18(4-2)14-7-11-16(12-8-14)26-28(22,23)24;;/h5-12H,3-4H2,1-2H3,(H2,19,20,21)(H2,22,23,24);;/q;2*+1. The molecule has 152 valence electrons. The van der Waals surface area contributed by atoms with E-state index < -0.39 is 15.6 Å². The van der Waals surface area contributed by atoms with Gasteiger partial charge in [0.2, 0.25) is 0 Å². The van der Waals surface area contributed by atoms with Crippen LogP contribution in [0.2, 0.25) is 0 Å². The van der Waals surface area contributed by atoms with Crippen molar-refractivity contribution in [1.29, 1.82) is 0 Å². The van der Waals surface area contributed by atoms with Crippen LogP contribution in [0.4, 0.5) is 0 Å². The van der Waals surface area contributed by atoms with Gasteiger partial charge >= 0.3 is 74.8 Å². The number of phosphoric ester groups is 2. The second kappa shape index (κ2) is 12.9. The predicted molar refractivity (Wildman–Crippen MR) is 106 cm³/mol. The molecule has 12 heteroatoms. The van der Waals surface area contributed by atoms with E-state index in [1.165, 1.54) is 24.3 Å². The molecule has 30 heavy (non-hydrogen) atoms.